The zero-order valence-electron chi connectivity index (χ0n) is 17.6. The zero-order chi connectivity index (χ0) is 22.5. The number of nitrogens with zero attached hydrogens (tertiary/aromatic N) is 6. The van der Waals surface area contributed by atoms with Crippen LogP contribution >= 0.6 is 11.6 Å². The second-order valence-electron chi connectivity index (χ2n) is 7.31. The van der Waals surface area contributed by atoms with Crippen LogP contribution in [-0.4, -0.2) is 63.4 Å². The Labute approximate surface area is 190 Å². The number of anilines is 2. The molecule has 4 heterocycles. The molecule has 0 spiro atoms. The van der Waals surface area contributed by atoms with E-state index in [2.05, 4.69) is 35.5 Å². The highest BCUT2D eigenvalue weighted by atomic mass is 35.5. The predicted octanol–water partition coefficient (Wildman–Crippen LogP) is 2.92. The van der Waals surface area contributed by atoms with E-state index in [1.165, 1.54) is 6.20 Å². The molecule has 32 heavy (non-hydrogen) atoms. The van der Waals surface area contributed by atoms with Gasteiger partial charge >= 0.3 is 6.03 Å². The molecule has 0 atom stereocenters. The van der Waals surface area contributed by atoms with E-state index in [1.807, 2.05) is 24.4 Å². The fraction of sp³-hybridized carbons (Fsp3) is 0.333. The van der Waals surface area contributed by atoms with Crippen molar-refractivity contribution in [3.8, 4) is 5.82 Å². The predicted molar refractivity (Wildman–Crippen MR) is 121 cm³/mol. The van der Waals surface area contributed by atoms with Gasteiger partial charge in [0.25, 0.3) is 0 Å². The van der Waals surface area contributed by atoms with E-state index in [0.29, 0.717) is 29.6 Å². The summed E-state index contributed by atoms with van der Waals surface area (Å²) in [7, 11) is 0. The van der Waals surface area contributed by atoms with Crippen molar-refractivity contribution in [2.45, 2.75) is 13.5 Å². The number of rotatable bonds is 6. The number of aromatic nitrogens is 4. The molecule has 3 aromatic rings. The summed E-state index contributed by atoms with van der Waals surface area (Å²) < 4.78 is 16.5. The second-order valence-corrected chi connectivity index (χ2v) is 7.67. The molecule has 1 fully saturated rings. The third-order valence-corrected chi connectivity index (χ3v) is 5.48. The average Bonchev–Trinajstić information content (AvgIpc) is 3.32. The first-order chi connectivity index (χ1) is 15.5. The van der Waals surface area contributed by atoms with Crippen molar-refractivity contribution in [1.82, 2.24) is 30.0 Å². The number of halogens is 2. The molecule has 4 rings (SSSR count). The van der Waals surface area contributed by atoms with Crippen molar-refractivity contribution >= 4 is 29.1 Å². The molecule has 0 unspecified atom stereocenters. The maximum atomic E-state index is 14.8. The second kappa shape index (κ2) is 9.92. The van der Waals surface area contributed by atoms with E-state index in [4.69, 9.17) is 11.6 Å². The molecule has 0 aliphatic carbocycles. The molecule has 1 saturated heterocycles. The molecule has 2 amide bonds. The minimum atomic E-state index is -0.511. The number of urea groups is 1. The van der Waals surface area contributed by atoms with Crippen LogP contribution in [-0.2, 0) is 6.54 Å². The Balaban J connectivity index is 1.37. The van der Waals surface area contributed by atoms with Crippen molar-refractivity contribution in [2.75, 3.05) is 42.9 Å². The number of hydrogen-bond donors (Lipinski definition) is 2. The van der Waals surface area contributed by atoms with E-state index in [9.17, 15) is 9.18 Å². The van der Waals surface area contributed by atoms with Gasteiger partial charge < -0.3 is 10.2 Å². The Kier molecular flexibility index (Phi) is 6.81. The monoisotopic (exact) mass is 458 g/mol. The summed E-state index contributed by atoms with van der Waals surface area (Å²) in [6.07, 6.45) is 5.00. The third-order valence-electron chi connectivity index (χ3n) is 5.20. The smallest absolute Gasteiger partial charge is 0.320 e. The van der Waals surface area contributed by atoms with Gasteiger partial charge in [0.05, 0.1) is 5.69 Å². The highest BCUT2D eigenvalue weighted by molar-refractivity contribution is 6.32. The molecule has 11 heteroatoms. The van der Waals surface area contributed by atoms with Crippen LogP contribution < -0.4 is 15.5 Å². The van der Waals surface area contributed by atoms with Crippen molar-refractivity contribution in [2.24, 2.45) is 0 Å². The van der Waals surface area contributed by atoms with Crippen molar-refractivity contribution < 1.29 is 9.18 Å². The lowest BCUT2D eigenvalue weighted by molar-refractivity contribution is 0.246. The van der Waals surface area contributed by atoms with E-state index in [1.54, 1.807) is 23.9 Å². The molecule has 3 aromatic heterocycles. The Morgan fingerprint density at radius 2 is 2.00 bits per heavy atom. The quantitative estimate of drug-likeness (QED) is 0.552. The summed E-state index contributed by atoms with van der Waals surface area (Å²) in [5, 5.41) is 9.61. The van der Waals surface area contributed by atoms with Gasteiger partial charge in [0.2, 0.25) is 0 Å². The molecule has 168 valence electrons. The lowest BCUT2D eigenvalue weighted by Crippen LogP contribution is -2.46. The summed E-state index contributed by atoms with van der Waals surface area (Å²) in [5.41, 5.74) is 1.36. The summed E-state index contributed by atoms with van der Waals surface area (Å²) in [6.45, 7) is 5.60. The first-order valence-electron chi connectivity index (χ1n) is 10.4. The zero-order valence-corrected chi connectivity index (χ0v) is 18.4. The number of hydrogen-bond acceptors (Lipinski definition) is 6. The Bertz CT molecular complexity index is 1070. The van der Waals surface area contributed by atoms with E-state index < -0.39 is 11.8 Å². The summed E-state index contributed by atoms with van der Waals surface area (Å²) >= 11 is 6.44. The van der Waals surface area contributed by atoms with Crippen LogP contribution in [0.25, 0.3) is 5.82 Å². The standard InChI is InChI=1S/C21H24ClFN8O/c1-2-24-21(32)28-20-18(23)15(6-8-25-20)14-29-10-12-30(13-11-29)16-4-5-17(27-19(16)22)31-9-3-7-26-31/h3-9H,2,10-14H2,1H3,(H2,24,25,28,32). The molecule has 0 bridgehead atoms. The van der Waals surface area contributed by atoms with Crippen LogP contribution in [0.5, 0.6) is 0 Å². The molecule has 0 saturated carbocycles. The van der Waals surface area contributed by atoms with Crippen LogP contribution in [0.4, 0.5) is 20.7 Å². The van der Waals surface area contributed by atoms with Crippen LogP contribution in [0.3, 0.4) is 0 Å². The third kappa shape index (κ3) is 4.97. The maximum Gasteiger partial charge on any atom is 0.320 e. The summed E-state index contributed by atoms with van der Waals surface area (Å²) in [5.74, 6) is 0.0810. The fourth-order valence-electron chi connectivity index (χ4n) is 3.58. The minimum Gasteiger partial charge on any atom is -0.366 e. The summed E-state index contributed by atoms with van der Waals surface area (Å²) in [6, 6.07) is 6.82. The number of pyridine rings is 2. The van der Waals surface area contributed by atoms with Crippen LogP contribution in [0.1, 0.15) is 12.5 Å². The number of piperazine rings is 1. The molecule has 9 nitrogen and oxygen atoms in total. The number of nitrogens with one attached hydrogen (secondary N) is 2. The number of carbonyl (C=O) groups is 1. The van der Waals surface area contributed by atoms with Gasteiger partial charge in [0.15, 0.2) is 22.6 Å². The fourth-order valence-corrected chi connectivity index (χ4v) is 3.85. The Morgan fingerprint density at radius 3 is 2.69 bits per heavy atom. The van der Waals surface area contributed by atoms with Gasteiger partial charge in [-0.2, -0.15) is 5.10 Å². The van der Waals surface area contributed by atoms with E-state index in [-0.39, 0.29) is 5.82 Å². The number of amides is 2. The van der Waals surface area contributed by atoms with Gasteiger partial charge in [0, 0.05) is 63.4 Å². The largest absolute Gasteiger partial charge is 0.366 e. The first kappa shape index (κ1) is 22.0. The lowest BCUT2D eigenvalue weighted by atomic mass is 10.2. The highest BCUT2D eigenvalue weighted by Gasteiger charge is 2.22. The Hall–Kier alpha value is -3.24. The van der Waals surface area contributed by atoms with Gasteiger partial charge in [0.1, 0.15) is 0 Å². The van der Waals surface area contributed by atoms with Crippen molar-refractivity contribution in [3.05, 3.63) is 59.4 Å². The Morgan fingerprint density at radius 1 is 1.19 bits per heavy atom. The molecule has 0 aromatic carbocycles. The maximum absolute atomic E-state index is 14.8. The normalized spacial score (nSPS) is 14.4. The molecule has 1 aliphatic rings. The van der Waals surface area contributed by atoms with Gasteiger partial charge in [-0.1, -0.05) is 11.6 Å². The highest BCUT2D eigenvalue weighted by Crippen LogP contribution is 2.27. The SMILES string of the molecule is CCNC(=O)Nc1nccc(CN2CCN(c3ccc(-n4cccn4)nc3Cl)CC2)c1F. The summed E-state index contributed by atoms with van der Waals surface area (Å²) in [4.78, 5) is 24.4. The van der Waals surface area contributed by atoms with Crippen LogP contribution in [0.15, 0.2) is 42.9 Å². The first-order valence-corrected chi connectivity index (χ1v) is 10.7. The van der Waals surface area contributed by atoms with E-state index in [0.717, 1.165) is 31.9 Å². The van der Waals surface area contributed by atoms with Gasteiger partial charge in [-0.15, -0.1) is 0 Å². The lowest BCUT2D eigenvalue weighted by Gasteiger charge is -2.36. The van der Waals surface area contributed by atoms with Gasteiger partial charge in [-0.05, 0) is 31.2 Å². The topological polar surface area (TPSA) is 91.2 Å². The van der Waals surface area contributed by atoms with Crippen molar-refractivity contribution in [3.63, 3.8) is 0 Å². The molecular formula is C21H24ClFN8O. The molecule has 2 N–H and O–H groups in total. The van der Waals surface area contributed by atoms with Crippen molar-refractivity contribution in [1.29, 1.82) is 0 Å². The molecular weight excluding hydrogens is 435 g/mol. The number of carbonyl (C=O) groups excluding carboxylic acids is 1. The molecule has 0 radical (unpaired) electrons. The van der Waals surface area contributed by atoms with Gasteiger partial charge in [-0.25, -0.2) is 23.8 Å². The minimum absolute atomic E-state index is 0.0674. The van der Waals surface area contributed by atoms with Gasteiger partial charge in [-0.3, -0.25) is 10.2 Å². The van der Waals surface area contributed by atoms with E-state index >= 15 is 0 Å². The average molecular weight is 459 g/mol. The van der Waals surface area contributed by atoms with Crippen LogP contribution in [0, 0.1) is 5.82 Å². The van der Waals surface area contributed by atoms with Crippen LogP contribution in [0.2, 0.25) is 5.15 Å². The molecule has 1 aliphatic heterocycles.